The molecule has 0 aromatic carbocycles. The fourth-order valence-electron chi connectivity index (χ4n) is 1.99. The Hall–Kier alpha value is -0.370. The van der Waals surface area contributed by atoms with E-state index < -0.39 is 0 Å². The fourth-order valence-corrected chi connectivity index (χ4v) is 1.99. The number of ether oxygens (including phenoxy) is 1. The van der Waals surface area contributed by atoms with Gasteiger partial charge >= 0.3 is 0 Å². The molecule has 2 unspecified atom stereocenters. The van der Waals surface area contributed by atoms with Gasteiger partial charge in [0.15, 0.2) is 0 Å². The maximum absolute atomic E-state index is 10.7. The summed E-state index contributed by atoms with van der Waals surface area (Å²) in [5, 5.41) is 0. The van der Waals surface area contributed by atoms with Crippen LogP contribution in [0, 0.1) is 5.41 Å². The maximum Gasteiger partial charge on any atom is 0.126 e. The minimum Gasteiger partial charge on any atom is -0.375 e. The Bertz CT molecular complexity index is 144. The first kappa shape index (κ1) is 8.72. The third-order valence-electron chi connectivity index (χ3n) is 2.26. The van der Waals surface area contributed by atoms with Gasteiger partial charge in [-0.05, 0) is 26.7 Å². The molecule has 2 atom stereocenters. The second-order valence-electron chi connectivity index (χ2n) is 3.94. The molecule has 1 fully saturated rings. The standard InChI is InChI=1S/C9H16O2/c1-7-4-9(3,6-10)5-8(2)11-7/h6-8H,4-5H2,1-3H3. The summed E-state index contributed by atoms with van der Waals surface area (Å²) in [6, 6.07) is 0. The normalized spacial score (nSPS) is 45.4. The number of hydrogen-bond donors (Lipinski definition) is 0. The highest BCUT2D eigenvalue weighted by atomic mass is 16.5. The van der Waals surface area contributed by atoms with E-state index in [9.17, 15) is 4.79 Å². The van der Waals surface area contributed by atoms with E-state index >= 15 is 0 Å². The van der Waals surface area contributed by atoms with Crippen LogP contribution in [-0.4, -0.2) is 18.5 Å². The predicted octanol–water partition coefficient (Wildman–Crippen LogP) is 1.78. The Morgan fingerprint density at radius 3 is 2.18 bits per heavy atom. The highest BCUT2D eigenvalue weighted by Crippen LogP contribution is 2.33. The minimum absolute atomic E-state index is 0.142. The van der Waals surface area contributed by atoms with Crippen molar-refractivity contribution in [2.24, 2.45) is 5.41 Å². The first-order valence-corrected chi connectivity index (χ1v) is 4.17. The zero-order valence-electron chi connectivity index (χ0n) is 7.46. The average Bonchev–Trinajstić information content (AvgIpc) is 1.84. The van der Waals surface area contributed by atoms with E-state index in [-0.39, 0.29) is 17.6 Å². The molecule has 1 aliphatic heterocycles. The largest absolute Gasteiger partial charge is 0.375 e. The number of aldehydes is 1. The first-order chi connectivity index (χ1) is 5.06. The van der Waals surface area contributed by atoms with Crippen LogP contribution in [-0.2, 0) is 9.53 Å². The van der Waals surface area contributed by atoms with Crippen LogP contribution >= 0.6 is 0 Å². The van der Waals surface area contributed by atoms with Crippen LogP contribution in [0.15, 0.2) is 0 Å². The van der Waals surface area contributed by atoms with Crippen molar-refractivity contribution in [3.8, 4) is 0 Å². The maximum atomic E-state index is 10.7. The van der Waals surface area contributed by atoms with E-state index in [2.05, 4.69) is 0 Å². The lowest BCUT2D eigenvalue weighted by molar-refractivity contribution is -0.129. The SMILES string of the molecule is CC1CC(C)(C=O)CC(C)O1. The first-order valence-electron chi connectivity index (χ1n) is 4.17. The van der Waals surface area contributed by atoms with Gasteiger partial charge in [-0.25, -0.2) is 0 Å². The molecule has 0 aromatic heterocycles. The van der Waals surface area contributed by atoms with Crippen LogP contribution in [0.1, 0.15) is 33.6 Å². The quantitative estimate of drug-likeness (QED) is 0.541. The minimum atomic E-state index is -0.142. The van der Waals surface area contributed by atoms with E-state index in [0.29, 0.717) is 0 Å². The van der Waals surface area contributed by atoms with Gasteiger partial charge in [-0.1, -0.05) is 6.92 Å². The lowest BCUT2D eigenvalue weighted by Gasteiger charge is -2.36. The molecule has 0 amide bonds. The third kappa shape index (κ3) is 2.03. The van der Waals surface area contributed by atoms with Gasteiger partial charge in [0.2, 0.25) is 0 Å². The predicted molar refractivity (Wildman–Crippen MR) is 43.4 cm³/mol. The van der Waals surface area contributed by atoms with Crippen LogP contribution in [0.3, 0.4) is 0 Å². The lowest BCUT2D eigenvalue weighted by Crippen LogP contribution is -2.37. The fraction of sp³-hybridized carbons (Fsp3) is 0.889. The van der Waals surface area contributed by atoms with Crippen molar-refractivity contribution in [3.05, 3.63) is 0 Å². The van der Waals surface area contributed by atoms with Crippen molar-refractivity contribution in [2.75, 3.05) is 0 Å². The van der Waals surface area contributed by atoms with Gasteiger partial charge in [0.1, 0.15) is 6.29 Å². The van der Waals surface area contributed by atoms with Crippen molar-refractivity contribution in [2.45, 2.75) is 45.8 Å². The molecule has 1 rings (SSSR count). The molecule has 0 bridgehead atoms. The van der Waals surface area contributed by atoms with Gasteiger partial charge in [-0.2, -0.15) is 0 Å². The van der Waals surface area contributed by atoms with Crippen molar-refractivity contribution in [1.82, 2.24) is 0 Å². The summed E-state index contributed by atoms with van der Waals surface area (Å²) >= 11 is 0. The lowest BCUT2D eigenvalue weighted by atomic mass is 9.79. The molecule has 0 saturated carbocycles. The Kier molecular flexibility index (Phi) is 2.33. The van der Waals surface area contributed by atoms with Crippen molar-refractivity contribution in [1.29, 1.82) is 0 Å². The molecule has 11 heavy (non-hydrogen) atoms. The van der Waals surface area contributed by atoms with Gasteiger partial charge in [0, 0.05) is 5.41 Å². The van der Waals surface area contributed by atoms with Crippen LogP contribution < -0.4 is 0 Å². The van der Waals surface area contributed by atoms with Gasteiger partial charge in [-0.15, -0.1) is 0 Å². The van der Waals surface area contributed by atoms with E-state index in [1.54, 1.807) is 0 Å². The zero-order chi connectivity index (χ0) is 8.48. The molecular weight excluding hydrogens is 140 g/mol. The summed E-state index contributed by atoms with van der Waals surface area (Å²) in [5.41, 5.74) is -0.142. The van der Waals surface area contributed by atoms with Crippen LogP contribution in [0.5, 0.6) is 0 Å². The molecule has 0 radical (unpaired) electrons. The second-order valence-corrected chi connectivity index (χ2v) is 3.94. The molecule has 1 aliphatic rings. The molecule has 2 nitrogen and oxygen atoms in total. The number of rotatable bonds is 1. The van der Waals surface area contributed by atoms with E-state index in [4.69, 9.17) is 4.74 Å². The summed E-state index contributed by atoms with van der Waals surface area (Å²) in [5.74, 6) is 0. The van der Waals surface area contributed by atoms with Crippen molar-refractivity contribution >= 4 is 6.29 Å². The molecule has 0 N–H and O–H groups in total. The summed E-state index contributed by atoms with van der Waals surface area (Å²) < 4.78 is 5.52. The van der Waals surface area contributed by atoms with Gasteiger partial charge < -0.3 is 9.53 Å². The Morgan fingerprint density at radius 2 is 1.82 bits per heavy atom. The second kappa shape index (κ2) is 2.94. The average molecular weight is 156 g/mol. The van der Waals surface area contributed by atoms with Crippen molar-refractivity contribution in [3.63, 3.8) is 0 Å². The van der Waals surface area contributed by atoms with Crippen LogP contribution in [0.25, 0.3) is 0 Å². The van der Waals surface area contributed by atoms with Gasteiger partial charge in [-0.3, -0.25) is 0 Å². The molecule has 64 valence electrons. The van der Waals surface area contributed by atoms with E-state index in [0.717, 1.165) is 19.1 Å². The summed E-state index contributed by atoms with van der Waals surface area (Å²) in [4.78, 5) is 10.7. The molecule has 2 heteroatoms. The van der Waals surface area contributed by atoms with Crippen LogP contribution in [0.2, 0.25) is 0 Å². The van der Waals surface area contributed by atoms with Gasteiger partial charge in [0.05, 0.1) is 12.2 Å². The summed E-state index contributed by atoms with van der Waals surface area (Å²) in [6.07, 6.45) is 3.26. The molecule has 0 aromatic rings. The molecular formula is C9H16O2. The van der Waals surface area contributed by atoms with Crippen molar-refractivity contribution < 1.29 is 9.53 Å². The summed E-state index contributed by atoms with van der Waals surface area (Å²) in [6.45, 7) is 6.06. The molecule has 1 heterocycles. The Balaban J connectivity index is 2.62. The topological polar surface area (TPSA) is 26.3 Å². The summed E-state index contributed by atoms with van der Waals surface area (Å²) in [7, 11) is 0. The van der Waals surface area contributed by atoms with E-state index in [1.165, 1.54) is 0 Å². The highest BCUT2D eigenvalue weighted by Gasteiger charge is 2.33. The molecule has 0 aliphatic carbocycles. The zero-order valence-corrected chi connectivity index (χ0v) is 7.46. The number of hydrogen-bond acceptors (Lipinski definition) is 2. The molecule has 1 saturated heterocycles. The number of carbonyl (C=O) groups is 1. The Morgan fingerprint density at radius 1 is 1.36 bits per heavy atom. The van der Waals surface area contributed by atoms with Crippen LogP contribution in [0.4, 0.5) is 0 Å². The number of carbonyl (C=O) groups excluding carboxylic acids is 1. The van der Waals surface area contributed by atoms with Gasteiger partial charge in [0.25, 0.3) is 0 Å². The third-order valence-corrected chi connectivity index (χ3v) is 2.26. The smallest absolute Gasteiger partial charge is 0.126 e. The molecule has 0 spiro atoms. The van der Waals surface area contributed by atoms with E-state index in [1.807, 2.05) is 20.8 Å². The Labute approximate surface area is 67.9 Å². The monoisotopic (exact) mass is 156 g/mol. The highest BCUT2D eigenvalue weighted by molar-refractivity contribution is 5.58.